The van der Waals surface area contributed by atoms with E-state index in [0.29, 0.717) is 5.75 Å². The van der Waals surface area contributed by atoms with Crippen LogP contribution in [0.5, 0.6) is 5.75 Å². The Bertz CT molecular complexity index is 348. The van der Waals surface area contributed by atoms with Gasteiger partial charge in [0.15, 0.2) is 0 Å². The highest BCUT2D eigenvalue weighted by atomic mass is 19.1. The highest BCUT2D eigenvalue weighted by molar-refractivity contribution is 5.39. The third-order valence-corrected chi connectivity index (χ3v) is 2.58. The Balaban J connectivity index is 2.94. The zero-order chi connectivity index (χ0) is 11.6. The number of aryl methyl sites for hydroxylation is 1. The van der Waals surface area contributed by atoms with Gasteiger partial charge in [0.1, 0.15) is 17.7 Å². The second kappa shape index (κ2) is 4.62. The van der Waals surface area contributed by atoms with Crippen LogP contribution >= 0.6 is 0 Å². The monoisotopic (exact) mass is 212 g/mol. The van der Waals surface area contributed by atoms with Crippen LogP contribution in [0.2, 0.25) is 0 Å². The first-order valence-corrected chi connectivity index (χ1v) is 5.03. The maximum Gasteiger partial charge on any atom is 0.127 e. The van der Waals surface area contributed by atoms with Crippen molar-refractivity contribution < 1.29 is 14.2 Å². The van der Waals surface area contributed by atoms with Gasteiger partial charge in [0, 0.05) is 6.07 Å². The van der Waals surface area contributed by atoms with Gasteiger partial charge in [-0.05, 0) is 44.9 Å². The summed E-state index contributed by atoms with van der Waals surface area (Å²) in [6.45, 7) is 7.10. The van der Waals surface area contributed by atoms with Crippen molar-refractivity contribution in [2.45, 2.75) is 39.9 Å². The molecule has 1 rings (SSSR count). The van der Waals surface area contributed by atoms with Crippen molar-refractivity contribution >= 4 is 0 Å². The summed E-state index contributed by atoms with van der Waals surface area (Å²) in [6, 6.07) is 2.82. The quantitative estimate of drug-likeness (QED) is 0.834. The fraction of sp³-hybridized carbons (Fsp3) is 0.500. The molecule has 1 N–H and O–H groups in total. The topological polar surface area (TPSA) is 29.5 Å². The molecule has 0 spiro atoms. The van der Waals surface area contributed by atoms with Crippen LogP contribution in [-0.2, 0) is 0 Å². The molecule has 84 valence electrons. The number of aliphatic hydroxyl groups excluding tert-OH is 1. The lowest BCUT2D eigenvalue weighted by molar-refractivity contribution is 0.0597. The van der Waals surface area contributed by atoms with Crippen molar-refractivity contribution in [3.63, 3.8) is 0 Å². The zero-order valence-electron chi connectivity index (χ0n) is 9.54. The molecule has 2 unspecified atom stereocenters. The summed E-state index contributed by atoms with van der Waals surface area (Å²) in [5.74, 6) is 0.187. The Labute approximate surface area is 89.7 Å². The van der Waals surface area contributed by atoms with Gasteiger partial charge in [0.05, 0.1) is 6.10 Å². The van der Waals surface area contributed by atoms with Crippen LogP contribution in [0.4, 0.5) is 4.39 Å². The van der Waals surface area contributed by atoms with Crippen LogP contribution in [-0.4, -0.2) is 17.3 Å². The van der Waals surface area contributed by atoms with E-state index in [2.05, 4.69) is 0 Å². The van der Waals surface area contributed by atoms with Gasteiger partial charge >= 0.3 is 0 Å². The van der Waals surface area contributed by atoms with E-state index < -0.39 is 6.10 Å². The Kier molecular flexibility index (Phi) is 3.69. The van der Waals surface area contributed by atoms with Gasteiger partial charge in [-0.3, -0.25) is 0 Å². The van der Waals surface area contributed by atoms with E-state index in [-0.39, 0.29) is 11.9 Å². The van der Waals surface area contributed by atoms with Crippen LogP contribution in [0.1, 0.15) is 25.0 Å². The van der Waals surface area contributed by atoms with Gasteiger partial charge in [-0.15, -0.1) is 0 Å². The molecule has 0 saturated carbocycles. The molecule has 15 heavy (non-hydrogen) atoms. The molecule has 2 atom stereocenters. The fourth-order valence-corrected chi connectivity index (χ4v) is 1.21. The van der Waals surface area contributed by atoms with Crippen molar-refractivity contribution in [3.05, 3.63) is 29.1 Å². The normalized spacial score (nSPS) is 14.8. The molecule has 3 heteroatoms. The molecule has 0 heterocycles. The van der Waals surface area contributed by atoms with Gasteiger partial charge in [-0.1, -0.05) is 0 Å². The summed E-state index contributed by atoms with van der Waals surface area (Å²) >= 11 is 0. The van der Waals surface area contributed by atoms with E-state index in [9.17, 15) is 9.50 Å². The van der Waals surface area contributed by atoms with E-state index in [1.165, 1.54) is 12.1 Å². The Morgan fingerprint density at radius 3 is 2.40 bits per heavy atom. The minimum atomic E-state index is -0.576. The number of ether oxygens (including phenoxy) is 1. The van der Waals surface area contributed by atoms with Crippen molar-refractivity contribution in [2.75, 3.05) is 0 Å². The third-order valence-electron chi connectivity index (χ3n) is 2.58. The molecule has 0 fully saturated rings. The molecular formula is C12H17FO2. The van der Waals surface area contributed by atoms with E-state index in [1.54, 1.807) is 13.8 Å². The SMILES string of the molecule is Cc1cc(F)cc(OC(C)C(C)O)c1C. The minimum absolute atomic E-state index is 0.314. The Hall–Kier alpha value is -1.09. The van der Waals surface area contributed by atoms with E-state index in [0.717, 1.165) is 11.1 Å². The summed E-state index contributed by atoms with van der Waals surface area (Å²) in [6.07, 6.45) is -0.919. The fourth-order valence-electron chi connectivity index (χ4n) is 1.21. The van der Waals surface area contributed by atoms with Gasteiger partial charge in [0.2, 0.25) is 0 Å². The molecule has 0 amide bonds. The molecule has 0 saturated heterocycles. The molecule has 2 nitrogen and oxygen atoms in total. The number of rotatable bonds is 3. The van der Waals surface area contributed by atoms with Crippen molar-refractivity contribution in [3.8, 4) is 5.75 Å². The van der Waals surface area contributed by atoms with Gasteiger partial charge in [-0.25, -0.2) is 4.39 Å². The predicted octanol–water partition coefficient (Wildman–Crippen LogP) is 2.59. The molecule has 1 aromatic carbocycles. The lowest BCUT2D eigenvalue weighted by Gasteiger charge is -2.19. The minimum Gasteiger partial charge on any atom is -0.488 e. The maximum atomic E-state index is 13.1. The van der Waals surface area contributed by atoms with E-state index in [4.69, 9.17) is 4.74 Å². The van der Waals surface area contributed by atoms with Crippen LogP contribution in [0.15, 0.2) is 12.1 Å². The van der Waals surface area contributed by atoms with Crippen molar-refractivity contribution in [2.24, 2.45) is 0 Å². The molecule has 0 aromatic heterocycles. The van der Waals surface area contributed by atoms with E-state index >= 15 is 0 Å². The molecule has 1 aromatic rings. The van der Waals surface area contributed by atoms with Crippen LogP contribution < -0.4 is 4.74 Å². The average molecular weight is 212 g/mol. The van der Waals surface area contributed by atoms with Crippen LogP contribution in [0, 0.1) is 19.7 Å². The summed E-state index contributed by atoms with van der Waals surface area (Å²) in [7, 11) is 0. The number of aliphatic hydroxyl groups is 1. The standard InChI is InChI=1S/C12H17FO2/c1-7-5-11(13)6-12(8(7)2)15-10(4)9(3)14/h5-6,9-10,14H,1-4H3. The molecule has 0 aliphatic carbocycles. The molecule has 0 aliphatic heterocycles. The summed E-state index contributed by atoms with van der Waals surface area (Å²) < 4.78 is 18.6. The maximum absolute atomic E-state index is 13.1. The van der Waals surface area contributed by atoms with Gasteiger partial charge in [-0.2, -0.15) is 0 Å². The second-order valence-electron chi connectivity index (χ2n) is 3.91. The molecular weight excluding hydrogens is 195 g/mol. The van der Waals surface area contributed by atoms with Gasteiger partial charge in [0.25, 0.3) is 0 Å². The lowest BCUT2D eigenvalue weighted by atomic mass is 10.1. The van der Waals surface area contributed by atoms with E-state index in [1.807, 2.05) is 13.8 Å². The smallest absolute Gasteiger partial charge is 0.127 e. The van der Waals surface area contributed by atoms with Crippen molar-refractivity contribution in [1.82, 2.24) is 0 Å². The van der Waals surface area contributed by atoms with Crippen molar-refractivity contribution in [1.29, 1.82) is 0 Å². The van der Waals surface area contributed by atoms with Gasteiger partial charge < -0.3 is 9.84 Å². The second-order valence-corrected chi connectivity index (χ2v) is 3.91. The Morgan fingerprint density at radius 2 is 1.87 bits per heavy atom. The average Bonchev–Trinajstić information content (AvgIpc) is 2.13. The molecule has 0 aliphatic rings. The largest absolute Gasteiger partial charge is 0.488 e. The zero-order valence-corrected chi connectivity index (χ0v) is 9.54. The highest BCUT2D eigenvalue weighted by Gasteiger charge is 2.13. The van der Waals surface area contributed by atoms with Crippen LogP contribution in [0.25, 0.3) is 0 Å². The summed E-state index contributed by atoms with van der Waals surface area (Å²) in [5.41, 5.74) is 1.76. The summed E-state index contributed by atoms with van der Waals surface area (Å²) in [5, 5.41) is 9.29. The Morgan fingerprint density at radius 1 is 1.27 bits per heavy atom. The number of benzene rings is 1. The van der Waals surface area contributed by atoms with Crippen LogP contribution in [0.3, 0.4) is 0 Å². The predicted molar refractivity (Wildman–Crippen MR) is 57.6 cm³/mol. The third kappa shape index (κ3) is 2.93. The highest BCUT2D eigenvalue weighted by Crippen LogP contribution is 2.24. The summed E-state index contributed by atoms with van der Waals surface area (Å²) in [4.78, 5) is 0. The lowest BCUT2D eigenvalue weighted by Crippen LogP contribution is -2.26. The first-order valence-electron chi connectivity index (χ1n) is 5.03. The number of hydrogen-bond acceptors (Lipinski definition) is 2. The number of halogens is 1. The molecule has 0 radical (unpaired) electrons. The first-order chi connectivity index (χ1) is 6.91. The number of hydrogen-bond donors (Lipinski definition) is 1. The molecule has 0 bridgehead atoms. The first kappa shape index (κ1) is 12.0.